The van der Waals surface area contributed by atoms with E-state index in [-0.39, 0.29) is 30.5 Å². The predicted octanol–water partition coefficient (Wildman–Crippen LogP) is 5.37. The number of hydrogen-bond acceptors (Lipinski definition) is 6. The van der Waals surface area contributed by atoms with E-state index in [9.17, 15) is 9.59 Å². The topological polar surface area (TPSA) is 85.6 Å². The molecule has 0 aliphatic rings. The van der Waals surface area contributed by atoms with E-state index in [1.165, 1.54) is 24.5 Å². The smallest absolute Gasteiger partial charge is 0.250 e. The van der Waals surface area contributed by atoms with Gasteiger partial charge in [-0.15, -0.1) is 16.4 Å². The van der Waals surface area contributed by atoms with E-state index >= 15 is 0 Å². The van der Waals surface area contributed by atoms with Crippen LogP contribution in [0.15, 0.2) is 47.8 Å². The largest absolute Gasteiger partial charge is 0.496 e. The maximum absolute atomic E-state index is 12.5. The summed E-state index contributed by atoms with van der Waals surface area (Å²) in [4.78, 5) is 29.8. The molecule has 0 radical (unpaired) electrons. The van der Waals surface area contributed by atoms with Gasteiger partial charge in [-0.25, -0.2) is 4.52 Å². The summed E-state index contributed by atoms with van der Waals surface area (Å²) < 4.78 is 6.85. The van der Waals surface area contributed by atoms with Gasteiger partial charge in [0, 0.05) is 33.8 Å². The van der Waals surface area contributed by atoms with Gasteiger partial charge in [-0.05, 0) is 30.3 Å². The van der Waals surface area contributed by atoms with E-state index in [4.69, 9.17) is 27.9 Å². The fourth-order valence-electron chi connectivity index (χ4n) is 3.00. The monoisotopic (exact) mass is 474 g/mol. The Balaban J connectivity index is 1.43. The molecule has 0 atom stereocenters. The molecule has 158 valence electrons. The van der Waals surface area contributed by atoms with Gasteiger partial charge < -0.3 is 4.74 Å². The molecule has 4 aromatic rings. The van der Waals surface area contributed by atoms with Crippen molar-refractivity contribution >= 4 is 57.1 Å². The lowest BCUT2D eigenvalue weighted by atomic mass is 10.1. The Morgan fingerprint density at radius 1 is 1.10 bits per heavy atom. The molecule has 4 rings (SSSR count). The molecule has 2 aromatic heterocycles. The number of nitrogens with zero attached hydrogens (tertiary/aromatic N) is 3. The lowest BCUT2D eigenvalue weighted by Crippen LogP contribution is -2.15. The van der Waals surface area contributed by atoms with E-state index in [0.717, 1.165) is 11.3 Å². The molecule has 7 nitrogen and oxygen atoms in total. The highest BCUT2D eigenvalue weighted by atomic mass is 35.5. The van der Waals surface area contributed by atoms with Crippen molar-refractivity contribution in [1.82, 2.24) is 14.6 Å². The number of fused-ring (bicyclic) bond motifs is 1. The van der Waals surface area contributed by atoms with Crippen LogP contribution in [-0.4, -0.2) is 33.4 Å². The normalized spacial score (nSPS) is 10.9. The van der Waals surface area contributed by atoms with E-state index in [1.807, 2.05) is 17.5 Å². The van der Waals surface area contributed by atoms with Gasteiger partial charge >= 0.3 is 0 Å². The zero-order chi connectivity index (χ0) is 22.0. The number of thiazole rings is 1. The third-order valence-electron chi connectivity index (χ3n) is 4.51. The molecule has 2 heterocycles. The summed E-state index contributed by atoms with van der Waals surface area (Å²) in [5.74, 6) is -0.000612. The second kappa shape index (κ2) is 9.05. The number of Topliss-reactive ketones (excluding diaryl/α,β-unsaturated/α-hetero) is 1. The zero-order valence-electron chi connectivity index (χ0n) is 16.3. The first kappa shape index (κ1) is 21.3. The first-order valence-electron chi connectivity index (χ1n) is 9.21. The van der Waals surface area contributed by atoms with Gasteiger partial charge in [0.05, 0.1) is 18.4 Å². The van der Waals surface area contributed by atoms with Gasteiger partial charge in [-0.2, -0.15) is 4.98 Å². The number of carbonyl (C=O) groups is 2. The highest BCUT2D eigenvalue weighted by Crippen LogP contribution is 2.27. The number of anilines is 1. The second-order valence-corrected chi connectivity index (χ2v) is 8.28. The third kappa shape index (κ3) is 4.71. The number of benzene rings is 2. The molecule has 1 amide bonds. The van der Waals surface area contributed by atoms with E-state index in [0.29, 0.717) is 26.3 Å². The summed E-state index contributed by atoms with van der Waals surface area (Å²) in [5.41, 5.74) is 2.11. The van der Waals surface area contributed by atoms with Crippen LogP contribution in [0.4, 0.5) is 5.95 Å². The van der Waals surface area contributed by atoms with Crippen molar-refractivity contribution in [2.75, 3.05) is 12.4 Å². The van der Waals surface area contributed by atoms with Crippen LogP contribution in [0.1, 0.15) is 23.2 Å². The van der Waals surface area contributed by atoms with Gasteiger partial charge in [0.15, 0.2) is 5.78 Å². The number of halogens is 2. The van der Waals surface area contributed by atoms with Gasteiger partial charge in [0.1, 0.15) is 5.75 Å². The van der Waals surface area contributed by atoms with Gasteiger partial charge in [0.2, 0.25) is 16.8 Å². The van der Waals surface area contributed by atoms with E-state index < -0.39 is 0 Å². The number of aromatic nitrogens is 3. The highest BCUT2D eigenvalue weighted by molar-refractivity contribution is 7.15. The van der Waals surface area contributed by atoms with Crippen LogP contribution in [0.2, 0.25) is 10.0 Å². The molecule has 0 fully saturated rings. The van der Waals surface area contributed by atoms with Crippen LogP contribution in [0.3, 0.4) is 0 Å². The minimum absolute atomic E-state index is 0.000773. The van der Waals surface area contributed by atoms with Gasteiger partial charge in [-0.1, -0.05) is 35.3 Å². The maximum atomic E-state index is 12.5. The van der Waals surface area contributed by atoms with Crippen molar-refractivity contribution in [3.05, 3.63) is 63.5 Å². The SMILES string of the molecule is COc1ccc(Cl)cc1C(=O)CCC(=O)Nc1nc2scc(-c3ccc(Cl)cc3)n2n1. The summed E-state index contributed by atoms with van der Waals surface area (Å²) in [6.07, 6.45) is -0.0217. The average molecular weight is 475 g/mol. The van der Waals surface area contributed by atoms with Crippen LogP contribution in [0.5, 0.6) is 5.75 Å². The molecule has 0 saturated carbocycles. The number of hydrogen-bond donors (Lipinski definition) is 1. The van der Waals surface area contributed by atoms with Crippen LogP contribution in [0, 0.1) is 0 Å². The summed E-state index contributed by atoms with van der Waals surface area (Å²) in [6.45, 7) is 0. The molecular weight excluding hydrogens is 459 g/mol. The highest BCUT2D eigenvalue weighted by Gasteiger charge is 2.17. The number of methoxy groups -OCH3 is 1. The van der Waals surface area contributed by atoms with Crippen LogP contribution >= 0.6 is 34.5 Å². The Kier molecular flexibility index (Phi) is 6.22. The number of amides is 1. The molecule has 31 heavy (non-hydrogen) atoms. The molecule has 10 heteroatoms. The van der Waals surface area contributed by atoms with Crippen molar-refractivity contribution < 1.29 is 14.3 Å². The molecule has 1 N–H and O–H groups in total. The molecule has 0 aliphatic carbocycles. The van der Waals surface area contributed by atoms with E-state index in [2.05, 4.69) is 15.4 Å². The minimum Gasteiger partial charge on any atom is -0.496 e. The number of ether oxygens (including phenoxy) is 1. The van der Waals surface area contributed by atoms with E-state index in [1.54, 1.807) is 28.8 Å². The lowest BCUT2D eigenvalue weighted by molar-refractivity contribution is -0.116. The Morgan fingerprint density at radius 2 is 1.84 bits per heavy atom. The first-order chi connectivity index (χ1) is 14.9. The Hall–Kier alpha value is -2.94. The molecule has 0 saturated heterocycles. The quantitative estimate of drug-likeness (QED) is 0.363. The van der Waals surface area contributed by atoms with Crippen molar-refractivity contribution in [3.8, 4) is 17.0 Å². The fourth-order valence-corrected chi connectivity index (χ4v) is 4.13. The summed E-state index contributed by atoms with van der Waals surface area (Å²) in [5, 5.41) is 10.0. The Morgan fingerprint density at radius 3 is 2.58 bits per heavy atom. The second-order valence-electron chi connectivity index (χ2n) is 6.57. The van der Waals surface area contributed by atoms with Crippen LogP contribution < -0.4 is 10.1 Å². The molecule has 0 unspecified atom stereocenters. The zero-order valence-corrected chi connectivity index (χ0v) is 18.6. The third-order valence-corrected chi connectivity index (χ3v) is 5.82. The van der Waals surface area contributed by atoms with Crippen LogP contribution in [0.25, 0.3) is 16.2 Å². The molecule has 0 bridgehead atoms. The minimum atomic E-state index is -0.361. The van der Waals surface area contributed by atoms with Crippen molar-refractivity contribution in [3.63, 3.8) is 0 Å². The number of rotatable bonds is 7. The summed E-state index contributed by atoms with van der Waals surface area (Å²) >= 11 is 13.3. The lowest BCUT2D eigenvalue weighted by Gasteiger charge is -2.08. The van der Waals surface area contributed by atoms with Gasteiger partial charge in [-0.3, -0.25) is 14.9 Å². The summed E-state index contributed by atoms with van der Waals surface area (Å²) in [6, 6.07) is 12.2. The maximum Gasteiger partial charge on any atom is 0.250 e. The van der Waals surface area contributed by atoms with Crippen molar-refractivity contribution in [2.45, 2.75) is 12.8 Å². The summed E-state index contributed by atoms with van der Waals surface area (Å²) in [7, 11) is 1.47. The molecular formula is C21H16Cl2N4O3S. The van der Waals surface area contributed by atoms with Crippen molar-refractivity contribution in [1.29, 1.82) is 0 Å². The molecule has 2 aromatic carbocycles. The molecule has 0 aliphatic heterocycles. The molecule has 0 spiro atoms. The van der Waals surface area contributed by atoms with Crippen molar-refractivity contribution in [2.24, 2.45) is 0 Å². The van der Waals surface area contributed by atoms with Gasteiger partial charge in [0.25, 0.3) is 0 Å². The number of nitrogens with one attached hydrogen (secondary N) is 1. The Bertz CT molecular complexity index is 1270. The number of ketones is 1. The van der Waals surface area contributed by atoms with Crippen LogP contribution in [-0.2, 0) is 4.79 Å². The average Bonchev–Trinajstić information content (AvgIpc) is 3.33. The Labute approximate surface area is 191 Å². The number of carbonyl (C=O) groups excluding carboxylic acids is 2. The fraction of sp³-hybridized carbons (Fsp3) is 0.143. The first-order valence-corrected chi connectivity index (χ1v) is 10.8. The predicted molar refractivity (Wildman–Crippen MR) is 122 cm³/mol. The standard InChI is InChI=1S/C21H16Cl2N4O3S/c1-30-18-8-6-14(23)10-15(18)17(28)7-9-19(29)24-20-25-21-27(26-20)16(11-31-21)12-2-4-13(22)5-3-12/h2-6,8,10-11H,7,9H2,1H3,(H,24,26,29).